The Morgan fingerprint density at radius 2 is 2.14 bits per heavy atom. The molecule has 1 aromatic rings. The lowest BCUT2D eigenvalue weighted by atomic mass is 9.98. The molecule has 114 valence electrons. The fourth-order valence-electron chi connectivity index (χ4n) is 2.48. The van der Waals surface area contributed by atoms with Crippen molar-refractivity contribution in [3.05, 3.63) is 33.9 Å². The zero-order valence-electron chi connectivity index (χ0n) is 11.9. The van der Waals surface area contributed by atoms with Crippen LogP contribution in [0.15, 0.2) is 18.2 Å². The number of likely N-dealkylation sites (tertiary alicyclic amines) is 1. The molecule has 7 heteroatoms. The number of carbonyl (C=O) groups is 1. The molecule has 1 aliphatic heterocycles. The van der Waals surface area contributed by atoms with E-state index in [2.05, 4.69) is 0 Å². The molecule has 0 bridgehead atoms. The smallest absolute Gasteiger partial charge is 0.292 e. The van der Waals surface area contributed by atoms with E-state index in [1.165, 1.54) is 18.2 Å². The van der Waals surface area contributed by atoms with Crippen LogP contribution in [0.1, 0.15) is 36.5 Å². The highest BCUT2D eigenvalue weighted by molar-refractivity contribution is 5.95. The predicted octanol–water partition coefficient (Wildman–Crippen LogP) is 1.55. The van der Waals surface area contributed by atoms with Crippen molar-refractivity contribution < 1.29 is 14.8 Å². The first-order valence-corrected chi connectivity index (χ1v) is 6.86. The molecule has 3 N–H and O–H groups in total. The van der Waals surface area contributed by atoms with E-state index in [0.717, 1.165) is 0 Å². The molecule has 1 atom stereocenters. The Balaban J connectivity index is 2.20. The van der Waals surface area contributed by atoms with Crippen molar-refractivity contribution in [3.8, 4) is 0 Å². The number of benzene rings is 1. The Bertz CT molecular complexity index is 571. The van der Waals surface area contributed by atoms with Crippen molar-refractivity contribution in [2.45, 2.75) is 31.8 Å². The normalized spacial score (nSPS) is 22.7. The number of nitro benzene ring substituents is 1. The van der Waals surface area contributed by atoms with Gasteiger partial charge in [-0.25, -0.2) is 0 Å². The number of nitro groups is 1. The minimum atomic E-state index is -0.762. The Morgan fingerprint density at radius 1 is 1.43 bits per heavy atom. The third kappa shape index (κ3) is 3.49. The molecule has 0 aromatic heterocycles. The first kappa shape index (κ1) is 15.2. The number of nitrogens with zero attached hydrogens (tertiary/aromatic N) is 2. The van der Waals surface area contributed by atoms with Gasteiger partial charge in [-0.3, -0.25) is 14.9 Å². The number of anilines is 1. The van der Waals surface area contributed by atoms with E-state index in [9.17, 15) is 20.0 Å². The fourth-order valence-corrected chi connectivity index (χ4v) is 2.48. The van der Waals surface area contributed by atoms with Gasteiger partial charge < -0.3 is 15.7 Å². The third-order valence-corrected chi connectivity index (χ3v) is 3.82. The van der Waals surface area contributed by atoms with E-state index < -0.39 is 10.5 Å². The van der Waals surface area contributed by atoms with Crippen LogP contribution in [0.25, 0.3) is 0 Å². The van der Waals surface area contributed by atoms with Gasteiger partial charge in [0.05, 0.1) is 10.5 Å². The molecule has 0 saturated carbocycles. The van der Waals surface area contributed by atoms with Gasteiger partial charge in [0.2, 0.25) is 0 Å². The van der Waals surface area contributed by atoms with Gasteiger partial charge in [0.1, 0.15) is 5.69 Å². The number of nitrogen functional groups attached to an aromatic ring is 1. The van der Waals surface area contributed by atoms with Crippen molar-refractivity contribution >= 4 is 17.3 Å². The summed E-state index contributed by atoms with van der Waals surface area (Å²) in [6.45, 7) is 2.73. The topological polar surface area (TPSA) is 110 Å². The summed E-state index contributed by atoms with van der Waals surface area (Å²) in [5.74, 6) is -0.268. The van der Waals surface area contributed by atoms with Crippen LogP contribution < -0.4 is 5.73 Å². The molecule has 1 saturated heterocycles. The highest BCUT2D eigenvalue weighted by atomic mass is 16.6. The van der Waals surface area contributed by atoms with Gasteiger partial charge >= 0.3 is 0 Å². The summed E-state index contributed by atoms with van der Waals surface area (Å²) in [7, 11) is 0. The Morgan fingerprint density at radius 3 is 2.81 bits per heavy atom. The summed E-state index contributed by atoms with van der Waals surface area (Å²) >= 11 is 0. The number of amides is 1. The molecule has 0 spiro atoms. The van der Waals surface area contributed by atoms with E-state index in [4.69, 9.17) is 5.73 Å². The summed E-state index contributed by atoms with van der Waals surface area (Å²) in [6.07, 6.45) is 1.84. The third-order valence-electron chi connectivity index (χ3n) is 3.82. The zero-order valence-corrected chi connectivity index (χ0v) is 11.9. The van der Waals surface area contributed by atoms with Gasteiger partial charge in [-0.1, -0.05) is 0 Å². The molecular weight excluding hydrogens is 274 g/mol. The second-order valence-electron chi connectivity index (χ2n) is 5.67. The Kier molecular flexibility index (Phi) is 4.13. The number of nitrogens with two attached hydrogens (primary N) is 1. The number of hydrogen-bond acceptors (Lipinski definition) is 5. The van der Waals surface area contributed by atoms with Crippen LogP contribution in [0.4, 0.5) is 11.4 Å². The lowest BCUT2D eigenvalue weighted by molar-refractivity contribution is -0.383. The quantitative estimate of drug-likeness (QED) is 0.488. The monoisotopic (exact) mass is 293 g/mol. The number of rotatable bonds is 2. The lowest BCUT2D eigenvalue weighted by Gasteiger charge is -2.22. The zero-order chi connectivity index (χ0) is 15.6. The number of hydrogen-bond donors (Lipinski definition) is 2. The van der Waals surface area contributed by atoms with Crippen LogP contribution >= 0.6 is 0 Å². The summed E-state index contributed by atoms with van der Waals surface area (Å²) < 4.78 is 0. The van der Waals surface area contributed by atoms with E-state index in [1.54, 1.807) is 11.8 Å². The van der Waals surface area contributed by atoms with E-state index in [-0.39, 0.29) is 22.8 Å². The minimum Gasteiger partial charge on any atom is -0.393 e. The van der Waals surface area contributed by atoms with Crippen molar-refractivity contribution in [2.24, 2.45) is 0 Å². The number of carbonyl (C=O) groups excluding carboxylic acids is 1. The summed E-state index contributed by atoms with van der Waals surface area (Å²) in [5.41, 5.74) is 4.79. The van der Waals surface area contributed by atoms with Crippen LogP contribution in [0, 0.1) is 10.1 Å². The van der Waals surface area contributed by atoms with Crippen LogP contribution in [0.3, 0.4) is 0 Å². The van der Waals surface area contributed by atoms with Gasteiger partial charge in [-0.2, -0.15) is 0 Å². The van der Waals surface area contributed by atoms with Gasteiger partial charge in [0.25, 0.3) is 11.6 Å². The van der Waals surface area contributed by atoms with Crippen molar-refractivity contribution in [1.82, 2.24) is 4.90 Å². The highest BCUT2D eigenvalue weighted by Crippen LogP contribution is 2.25. The lowest BCUT2D eigenvalue weighted by Crippen LogP contribution is -2.33. The molecule has 21 heavy (non-hydrogen) atoms. The second-order valence-corrected chi connectivity index (χ2v) is 5.67. The second kappa shape index (κ2) is 5.69. The van der Waals surface area contributed by atoms with E-state index in [0.29, 0.717) is 32.4 Å². The van der Waals surface area contributed by atoms with Gasteiger partial charge in [0, 0.05) is 24.7 Å². The molecule has 1 heterocycles. The number of aliphatic hydroxyl groups is 1. The predicted molar refractivity (Wildman–Crippen MR) is 77.9 cm³/mol. The molecule has 1 aliphatic rings. The summed E-state index contributed by atoms with van der Waals surface area (Å²) in [6, 6.07) is 4.08. The molecule has 1 amide bonds. The minimum absolute atomic E-state index is 0.0374. The maximum absolute atomic E-state index is 12.4. The van der Waals surface area contributed by atoms with Crippen LogP contribution in [-0.2, 0) is 0 Å². The van der Waals surface area contributed by atoms with Gasteiger partial charge in [-0.05, 0) is 38.3 Å². The molecule has 7 nitrogen and oxygen atoms in total. The average Bonchev–Trinajstić information content (AvgIpc) is 2.59. The summed E-state index contributed by atoms with van der Waals surface area (Å²) in [5, 5.41) is 20.9. The maximum Gasteiger partial charge on any atom is 0.292 e. The first-order chi connectivity index (χ1) is 9.80. The van der Waals surface area contributed by atoms with Gasteiger partial charge in [-0.15, -0.1) is 0 Å². The average molecular weight is 293 g/mol. The Labute approximate surface area is 122 Å². The summed E-state index contributed by atoms with van der Waals surface area (Å²) in [4.78, 5) is 24.3. The molecule has 0 radical (unpaired) electrons. The molecule has 1 aromatic carbocycles. The fraction of sp³-hybridized carbons (Fsp3) is 0.500. The molecular formula is C14H19N3O4. The SMILES string of the molecule is CC1(O)CCCN(C(=O)c2ccc(N)c([N+](=O)[O-])c2)CC1. The molecule has 1 unspecified atom stereocenters. The largest absolute Gasteiger partial charge is 0.393 e. The van der Waals surface area contributed by atoms with E-state index in [1.807, 2.05) is 0 Å². The van der Waals surface area contributed by atoms with Crippen LogP contribution in [0.5, 0.6) is 0 Å². The van der Waals surface area contributed by atoms with E-state index >= 15 is 0 Å². The molecule has 2 rings (SSSR count). The van der Waals surface area contributed by atoms with Gasteiger partial charge in [0.15, 0.2) is 0 Å². The first-order valence-electron chi connectivity index (χ1n) is 6.86. The molecule has 1 fully saturated rings. The van der Waals surface area contributed by atoms with Crippen LogP contribution in [0.2, 0.25) is 0 Å². The maximum atomic E-state index is 12.4. The van der Waals surface area contributed by atoms with Crippen LogP contribution in [-0.4, -0.2) is 39.5 Å². The van der Waals surface area contributed by atoms with Crippen molar-refractivity contribution in [3.63, 3.8) is 0 Å². The standard InChI is InChI=1S/C14H19N3O4/c1-14(19)5-2-7-16(8-6-14)13(18)10-3-4-11(15)12(9-10)17(20)21/h3-4,9,19H,2,5-8,15H2,1H3. The Hall–Kier alpha value is -2.15. The van der Waals surface area contributed by atoms with Crippen molar-refractivity contribution in [1.29, 1.82) is 0 Å². The molecule has 0 aliphatic carbocycles. The van der Waals surface area contributed by atoms with Crippen molar-refractivity contribution in [2.75, 3.05) is 18.8 Å². The highest BCUT2D eigenvalue weighted by Gasteiger charge is 2.28.